The fourth-order valence-electron chi connectivity index (χ4n) is 10.6. The van der Waals surface area contributed by atoms with E-state index in [2.05, 4.69) is 77.7 Å². The minimum atomic E-state index is -1.86. The molecule has 9 heteroatoms. The molecule has 0 aliphatic heterocycles. The van der Waals surface area contributed by atoms with Crippen molar-refractivity contribution in [2.45, 2.75) is 162 Å². The Bertz CT molecular complexity index is 1480. The maximum atomic E-state index is 13.7. The first kappa shape index (κ1) is 39.1. The van der Waals surface area contributed by atoms with Crippen LogP contribution in [0.1, 0.15) is 129 Å². The molecule has 10 atom stereocenters. The van der Waals surface area contributed by atoms with Crippen molar-refractivity contribution in [1.29, 1.82) is 0 Å². The average molecular weight is 708 g/mol. The maximum absolute atomic E-state index is 13.7. The molecule has 0 bridgehead atoms. The minimum Gasteiger partial charge on any atom is -0.458 e. The highest BCUT2D eigenvalue weighted by Gasteiger charge is 2.69. The van der Waals surface area contributed by atoms with Crippen LogP contribution in [-0.4, -0.2) is 48.4 Å². The van der Waals surface area contributed by atoms with Crippen molar-refractivity contribution >= 4 is 14.3 Å². The number of rotatable bonds is 11. The monoisotopic (exact) mass is 707 g/mol. The number of benzene rings is 1. The van der Waals surface area contributed by atoms with Gasteiger partial charge in [-0.25, -0.2) is 4.79 Å². The van der Waals surface area contributed by atoms with Gasteiger partial charge in [-0.15, -0.1) is 0 Å². The lowest BCUT2D eigenvalue weighted by Crippen LogP contribution is -2.61. The van der Waals surface area contributed by atoms with E-state index in [-0.39, 0.29) is 29.0 Å². The molecule has 4 aliphatic rings. The summed E-state index contributed by atoms with van der Waals surface area (Å²) in [6.07, 6.45) is 9.36. The van der Waals surface area contributed by atoms with Crippen molar-refractivity contribution in [2.24, 2.45) is 45.5 Å². The van der Waals surface area contributed by atoms with Crippen LogP contribution >= 0.6 is 0 Å². The van der Waals surface area contributed by atoms with E-state index in [1.54, 1.807) is 23.8 Å². The highest BCUT2D eigenvalue weighted by atomic mass is 28.4. The van der Waals surface area contributed by atoms with Gasteiger partial charge >= 0.3 is 5.97 Å². The Morgan fingerprint density at radius 3 is 2.46 bits per heavy atom. The third kappa shape index (κ3) is 6.87. The normalized spacial score (nSPS) is 35.2. The first-order valence-corrected chi connectivity index (χ1v) is 22.3. The van der Waals surface area contributed by atoms with Gasteiger partial charge in [0.25, 0.3) is 0 Å². The van der Waals surface area contributed by atoms with E-state index < -0.39 is 43.4 Å². The summed E-state index contributed by atoms with van der Waals surface area (Å²) in [4.78, 5) is 16.6. The second-order valence-corrected chi connectivity index (χ2v) is 23.5. The highest BCUT2D eigenvalue weighted by molar-refractivity contribution is 6.74. The number of hydrogen-bond acceptors (Lipinski definition) is 6. The van der Waals surface area contributed by atoms with Gasteiger partial charge in [-0.3, -0.25) is 0 Å². The van der Waals surface area contributed by atoms with Gasteiger partial charge in [0.05, 0.1) is 18.2 Å². The van der Waals surface area contributed by atoms with Crippen LogP contribution in [0.3, 0.4) is 0 Å². The number of esters is 1. The number of carbonyl (C=O) groups excluding carboxylic acids is 1. The molecular weight excluding hydrogens is 643 g/mol. The molecule has 0 spiro atoms. The van der Waals surface area contributed by atoms with Gasteiger partial charge in [0, 0.05) is 22.3 Å². The van der Waals surface area contributed by atoms with E-state index in [0.29, 0.717) is 41.7 Å². The van der Waals surface area contributed by atoms with E-state index >= 15 is 0 Å². The lowest BCUT2D eigenvalue weighted by Gasteiger charge is -2.60. The molecular formula is C41H65N3O5Si. The summed E-state index contributed by atoms with van der Waals surface area (Å²) in [6, 6.07) is 7.06. The lowest BCUT2D eigenvalue weighted by molar-refractivity contribution is -0.198. The summed E-state index contributed by atoms with van der Waals surface area (Å²) in [7, 11) is -1.86. The van der Waals surface area contributed by atoms with E-state index in [9.17, 15) is 15.0 Å². The third-order valence-electron chi connectivity index (χ3n) is 14.7. The van der Waals surface area contributed by atoms with Crippen molar-refractivity contribution in [3.05, 3.63) is 57.5 Å². The third-order valence-corrected chi connectivity index (χ3v) is 19.2. The molecule has 0 radical (unpaired) electrons. The predicted molar refractivity (Wildman–Crippen MR) is 202 cm³/mol. The maximum Gasteiger partial charge on any atom is 0.338 e. The Hall–Kier alpha value is -2.16. The number of azide groups is 1. The van der Waals surface area contributed by atoms with Crippen LogP contribution in [0.5, 0.6) is 0 Å². The fourth-order valence-corrected chi connectivity index (χ4v) is 11.9. The van der Waals surface area contributed by atoms with E-state index in [0.717, 1.165) is 44.9 Å². The molecule has 1 aromatic rings. The van der Waals surface area contributed by atoms with E-state index in [1.165, 1.54) is 0 Å². The zero-order valence-electron chi connectivity index (χ0n) is 32.5. The molecule has 1 aromatic carbocycles. The molecule has 3 fully saturated rings. The molecule has 5 rings (SSSR count). The molecule has 4 aliphatic carbocycles. The standard InChI is InChI=1S/C41H65N3O5Si/c1-26(2)15-18-35(48-37(46)31-14-12-11-13-28(31)25-43-44-42)27(3)41(47)36(45)24-34-32-17-16-29-23-30(49-50(9,10)38(4,5)6)19-21-39(29,7)33(32)20-22-40(34,41)8/h11-14,16,26-27,30,32-36,45,47H,15,17-25H2,1-10H3/t27-,30+,32-,33+,34+,35?,36+,39+,40+,41-/m1/s1. The lowest BCUT2D eigenvalue weighted by atomic mass is 9.46. The zero-order chi connectivity index (χ0) is 36.9. The van der Waals surface area contributed by atoms with Crippen LogP contribution in [0.25, 0.3) is 10.4 Å². The number of aliphatic hydroxyl groups excluding tert-OH is 1. The number of nitrogens with zero attached hydrogens (tertiary/aromatic N) is 3. The average Bonchev–Trinajstić information content (AvgIpc) is 3.26. The minimum absolute atomic E-state index is 0.0539. The topological polar surface area (TPSA) is 125 Å². The van der Waals surface area contributed by atoms with Gasteiger partial charge in [0.2, 0.25) is 0 Å². The van der Waals surface area contributed by atoms with Crippen molar-refractivity contribution in [3.63, 3.8) is 0 Å². The number of allylic oxidation sites excluding steroid dienone is 1. The zero-order valence-corrected chi connectivity index (χ0v) is 33.5. The molecule has 3 saturated carbocycles. The van der Waals surface area contributed by atoms with Crippen LogP contribution in [-0.2, 0) is 15.7 Å². The van der Waals surface area contributed by atoms with Crippen molar-refractivity contribution < 1.29 is 24.2 Å². The van der Waals surface area contributed by atoms with Gasteiger partial charge < -0.3 is 19.4 Å². The Morgan fingerprint density at radius 1 is 1.10 bits per heavy atom. The summed E-state index contributed by atoms with van der Waals surface area (Å²) in [5, 5.41) is 28.8. The number of ether oxygens (including phenoxy) is 1. The van der Waals surface area contributed by atoms with Crippen LogP contribution in [0.4, 0.5) is 0 Å². The van der Waals surface area contributed by atoms with Gasteiger partial charge in [0.15, 0.2) is 8.32 Å². The largest absolute Gasteiger partial charge is 0.458 e. The van der Waals surface area contributed by atoms with Crippen LogP contribution in [0.2, 0.25) is 18.1 Å². The SMILES string of the molecule is CC(C)CCC(OC(=O)c1ccccc1CN=[N+]=[N-])[C@@H](C)[C@@]1(O)[C@@H](O)C[C@H]2[C@@H]3CC=C4C[C@@H](O[Si](C)(C)C(C)(C)C)CC[C@]4(C)[C@H]3CC[C@@]21C. The Morgan fingerprint density at radius 2 is 1.80 bits per heavy atom. The summed E-state index contributed by atoms with van der Waals surface area (Å²) < 4.78 is 13.3. The molecule has 50 heavy (non-hydrogen) atoms. The Labute approximate surface area is 302 Å². The number of carbonyl (C=O) groups is 1. The Kier molecular flexibility index (Phi) is 11.2. The first-order chi connectivity index (χ1) is 23.3. The molecule has 2 N–H and O–H groups in total. The molecule has 0 saturated heterocycles. The smallest absolute Gasteiger partial charge is 0.338 e. The summed E-state index contributed by atoms with van der Waals surface area (Å²) in [5.41, 5.74) is 9.63. The number of hydrogen-bond donors (Lipinski definition) is 2. The van der Waals surface area contributed by atoms with Crippen molar-refractivity contribution in [3.8, 4) is 0 Å². The number of fused-ring (bicyclic) bond motifs is 5. The predicted octanol–water partition coefficient (Wildman–Crippen LogP) is 10.1. The van der Waals surface area contributed by atoms with E-state index in [4.69, 9.17) is 14.7 Å². The fraction of sp³-hybridized carbons (Fsp3) is 0.780. The molecule has 0 heterocycles. The highest BCUT2D eigenvalue weighted by Crippen LogP contribution is 2.68. The quantitative estimate of drug-likeness (QED) is 0.0591. The van der Waals surface area contributed by atoms with Gasteiger partial charge in [-0.2, -0.15) is 0 Å². The van der Waals surface area contributed by atoms with Gasteiger partial charge in [0.1, 0.15) is 11.7 Å². The summed E-state index contributed by atoms with van der Waals surface area (Å²) >= 11 is 0. The second-order valence-electron chi connectivity index (χ2n) is 18.8. The van der Waals surface area contributed by atoms with Crippen molar-refractivity contribution in [1.82, 2.24) is 0 Å². The van der Waals surface area contributed by atoms with E-state index in [1.807, 2.05) is 13.0 Å². The van der Waals surface area contributed by atoms with Crippen molar-refractivity contribution in [2.75, 3.05) is 0 Å². The molecule has 278 valence electrons. The molecule has 0 amide bonds. The van der Waals surface area contributed by atoms with Gasteiger partial charge in [-0.1, -0.05) is 90.4 Å². The second kappa shape index (κ2) is 14.3. The number of aliphatic hydroxyl groups is 2. The molecule has 8 nitrogen and oxygen atoms in total. The van der Waals surface area contributed by atoms with Crippen LogP contribution in [0, 0.1) is 40.4 Å². The summed E-state index contributed by atoms with van der Waals surface area (Å²) in [5.74, 6) is 0.493. The Balaban J connectivity index is 1.39. The molecule has 1 unspecified atom stereocenters. The summed E-state index contributed by atoms with van der Waals surface area (Å²) in [6.45, 7) is 22.7. The van der Waals surface area contributed by atoms with Crippen LogP contribution < -0.4 is 0 Å². The first-order valence-electron chi connectivity index (χ1n) is 19.4. The van der Waals surface area contributed by atoms with Crippen LogP contribution in [0.15, 0.2) is 41.0 Å². The van der Waals surface area contributed by atoms with Gasteiger partial charge in [-0.05, 0) is 122 Å². The molecule has 0 aromatic heterocycles.